The van der Waals surface area contributed by atoms with Crippen LogP contribution >= 0.6 is 0 Å². The standard InChI is InChI=1S/C14H21N3O/c1-15-12(10-11-6-4-3-5-7-11)13-14(18-2)17-9-8-16-13/h6,8-9,12,15H,3-5,7,10H2,1-2H3. The van der Waals surface area contributed by atoms with Gasteiger partial charge in [-0.05, 0) is 39.2 Å². The summed E-state index contributed by atoms with van der Waals surface area (Å²) in [6.07, 6.45) is 11.8. The van der Waals surface area contributed by atoms with Crippen molar-refractivity contribution in [3.8, 4) is 5.88 Å². The molecule has 98 valence electrons. The van der Waals surface area contributed by atoms with E-state index < -0.39 is 0 Å². The maximum absolute atomic E-state index is 5.28. The number of nitrogens with one attached hydrogen (secondary N) is 1. The number of nitrogens with zero attached hydrogens (tertiary/aromatic N) is 2. The highest BCUT2D eigenvalue weighted by atomic mass is 16.5. The van der Waals surface area contributed by atoms with Crippen LogP contribution in [0.15, 0.2) is 24.0 Å². The van der Waals surface area contributed by atoms with E-state index in [2.05, 4.69) is 21.4 Å². The Morgan fingerprint density at radius 2 is 2.17 bits per heavy atom. The topological polar surface area (TPSA) is 47.0 Å². The van der Waals surface area contributed by atoms with Crippen molar-refractivity contribution in [2.24, 2.45) is 0 Å². The fourth-order valence-corrected chi connectivity index (χ4v) is 2.42. The van der Waals surface area contributed by atoms with Crippen molar-refractivity contribution in [2.45, 2.75) is 38.1 Å². The highest BCUT2D eigenvalue weighted by Crippen LogP contribution is 2.29. The molecule has 18 heavy (non-hydrogen) atoms. The van der Waals surface area contributed by atoms with Crippen molar-refractivity contribution < 1.29 is 4.74 Å². The third-order valence-electron chi connectivity index (χ3n) is 3.41. The average Bonchev–Trinajstić information content (AvgIpc) is 2.46. The van der Waals surface area contributed by atoms with Crippen LogP contribution in [-0.2, 0) is 0 Å². The van der Waals surface area contributed by atoms with E-state index in [9.17, 15) is 0 Å². The Morgan fingerprint density at radius 1 is 1.33 bits per heavy atom. The lowest BCUT2D eigenvalue weighted by Gasteiger charge is -2.20. The van der Waals surface area contributed by atoms with E-state index >= 15 is 0 Å². The number of hydrogen-bond donors (Lipinski definition) is 1. The van der Waals surface area contributed by atoms with Crippen LogP contribution in [0.2, 0.25) is 0 Å². The zero-order valence-electron chi connectivity index (χ0n) is 11.1. The van der Waals surface area contributed by atoms with Crippen LogP contribution in [0.1, 0.15) is 43.8 Å². The van der Waals surface area contributed by atoms with Crippen LogP contribution in [-0.4, -0.2) is 24.1 Å². The minimum absolute atomic E-state index is 0.179. The van der Waals surface area contributed by atoms with Crippen molar-refractivity contribution in [3.05, 3.63) is 29.7 Å². The smallest absolute Gasteiger partial charge is 0.237 e. The van der Waals surface area contributed by atoms with E-state index in [0.29, 0.717) is 5.88 Å². The van der Waals surface area contributed by atoms with Crippen LogP contribution in [0.5, 0.6) is 5.88 Å². The van der Waals surface area contributed by atoms with Crippen LogP contribution in [0.25, 0.3) is 0 Å². The van der Waals surface area contributed by atoms with Crippen LogP contribution in [0, 0.1) is 0 Å². The fraction of sp³-hybridized carbons (Fsp3) is 0.571. The minimum atomic E-state index is 0.179. The Hall–Kier alpha value is -1.42. The molecule has 0 fully saturated rings. The summed E-state index contributed by atoms with van der Waals surface area (Å²) in [4.78, 5) is 8.62. The summed E-state index contributed by atoms with van der Waals surface area (Å²) in [5.41, 5.74) is 2.42. The Balaban J connectivity index is 2.14. The normalized spacial score (nSPS) is 17.1. The molecule has 1 unspecified atom stereocenters. The van der Waals surface area contributed by atoms with Crippen molar-refractivity contribution >= 4 is 0 Å². The van der Waals surface area contributed by atoms with Gasteiger partial charge in [-0.25, -0.2) is 4.98 Å². The Labute approximate surface area is 108 Å². The number of methoxy groups -OCH3 is 1. The molecule has 2 rings (SSSR count). The third kappa shape index (κ3) is 3.07. The van der Waals surface area contributed by atoms with Gasteiger partial charge in [-0.1, -0.05) is 11.6 Å². The van der Waals surface area contributed by atoms with Crippen molar-refractivity contribution in [2.75, 3.05) is 14.2 Å². The lowest BCUT2D eigenvalue weighted by atomic mass is 9.93. The van der Waals surface area contributed by atoms with E-state index in [1.807, 2.05) is 7.05 Å². The summed E-state index contributed by atoms with van der Waals surface area (Å²) in [5, 5.41) is 3.32. The van der Waals surface area contributed by atoms with Gasteiger partial charge in [0.15, 0.2) is 0 Å². The lowest BCUT2D eigenvalue weighted by molar-refractivity contribution is 0.378. The molecule has 0 aromatic carbocycles. The maximum atomic E-state index is 5.28. The molecule has 1 heterocycles. The third-order valence-corrected chi connectivity index (χ3v) is 3.41. The molecule has 4 heteroatoms. The van der Waals surface area contributed by atoms with E-state index in [1.54, 1.807) is 19.5 Å². The van der Waals surface area contributed by atoms with Crippen molar-refractivity contribution in [1.82, 2.24) is 15.3 Å². The first-order valence-electron chi connectivity index (χ1n) is 6.55. The van der Waals surface area contributed by atoms with E-state index in [-0.39, 0.29) is 6.04 Å². The summed E-state index contributed by atoms with van der Waals surface area (Å²) < 4.78 is 5.28. The predicted octanol–water partition coefficient (Wildman–Crippen LogP) is 2.64. The summed E-state index contributed by atoms with van der Waals surface area (Å²) in [7, 11) is 3.60. The molecule has 0 spiro atoms. The zero-order valence-corrected chi connectivity index (χ0v) is 11.1. The second-order valence-corrected chi connectivity index (χ2v) is 4.60. The van der Waals surface area contributed by atoms with Gasteiger partial charge in [0.25, 0.3) is 0 Å². The van der Waals surface area contributed by atoms with Gasteiger partial charge < -0.3 is 10.1 Å². The summed E-state index contributed by atoms with van der Waals surface area (Å²) in [6, 6.07) is 0.179. The van der Waals surface area contributed by atoms with E-state index in [0.717, 1.165) is 12.1 Å². The second kappa shape index (κ2) is 6.50. The molecule has 1 aromatic rings. The number of allylic oxidation sites excluding steroid dienone is 1. The minimum Gasteiger partial charge on any atom is -0.480 e. The first-order valence-corrected chi connectivity index (χ1v) is 6.55. The molecule has 1 aliphatic carbocycles. The van der Waals surface area contributed by atoms with Gasteiger partial charge in [0.1, 0.15) is 5.69 Å². The molecule has 0 saturated heterocycles. The molecule has 0 bridgehead atoms. The van der Waals surface area contributed by atoms with Gasteiger partial charge in [0, 0.05) is 12.4 Å². The highest BCUT2D eigenvalue weighted by Gasteiger charge is 2.19. The first-order chi connectivity index (χ1) is 8.85. The molecule has 1 atom stereocenters. The van der Waals surface area contributed by atoms with Gasteiger partial charge in [0.05, 0.1) is 13.2 Å². The average molecular weight is 247 g/mol. The van der Waals surface area contributed by atoms with Crippen LogP contribution in [0.4, 0.5) is 0 Å². The van der Waals surface area contributed by atoms with Crippen LogP contribution < -0.4 is 10.1 Å². The monoisotopic (exact) mass is 247 g/mol. The Kier molecular flexibility index (Phi) is 4.70. The Bertz CT molecular complexity index is 417. The maximum Gasteiger partial charge on any atom is 0.237 e. The van der Waals surface area contributed by atoms with Crippen LogP contribution in [0.3, 0.4) is 0 Å². The number of hydrogen-bond acceptors (Lipinski definition) is 4. The van der Waals surface area contributed by atoms with Gasteiger partial charge in [-0.3, -0.25) is 4.98 Å². The molecule has 0 saturated carbocycles. The largest absolute Gasteiger partial charge is 0.480 e. The van der Waals surface area contributed by atoms with Gasteiger partial charge in [-0.2, -0.15) is 0 Å². The van der Waals surface area contributed by atoms with Gasteiger partial charge >= 0.3 is 0 Å². The van der Waals surface area contributed by atoms with Gasteiger partial charge in [0.2, 0.25) is 5.88 Å². The molecule has 1 aromatic heterocycles. The summed E-state index contributed by atoms with van der Waals surface area (Å²) >= 11 is 0. The Morgan fingerprint density at radius 3 is 2.83 bits per heavy atom. The SMILES string of the molecule is CNC(CC1=CCCCC1)c1nccnc1OC. The zero-order chi connectivity index (χ0) is 12.8. The number of aromatic nitrogens is 2. The summed E-state index contributed by atoms with van der Waals surface area (Å²) in [6.45, 7) is 0. The molecule has 0 amide bonds. The lowest BCUT2D eigenvalue weighted by Crippen LogP contribution is -2.20. The fourth-order valence-electron chi connectivity index (χ4n) is 2.42. The first kappa shape index (κ1) is 13.0. The molecule has 1 aliphatic rings. The predicted molar refractivity (Wildman–Crippen MR) is 71.6 cm³/mol. The quantitative estimate of drug-likeness (QED) is 0.813. The molecule has 1 N–H and O–H groups in total. The molecule has 4 nitrogen and oxygen atoms in total. The second-order valence-electron chi connectivity index (χ2n) is 4.60. The van der Waals surface area contributed by atoms with Crippen molar-refractivity contribution in [1.29, 1.82) is 0 Å². The molecular formula is C14H21N3O. The van der Waals surface area contributed by atoms with E-state index in [1.165, 1.54) is 31.3 Å². The number of rotatable bonds is 5. The highest BCUT2D eigenvalue weighted by molar-refractivity contribution is 5.23. The molecule has 0 aliphatic heterocycles. The molecule has 0 radical (unpaired) electrons. The molecular weight excluding hydrogens is 226 g/mol. The summed E-state index contributed by atoms with van der Waals surface area (Å²) in [5.74, 6) is 0.619. The number of ether oxygens (including phenoxy) is 1. The van der Waals surface area contributed by atoms with Gasteiger partial charge in [-0.15, -0.1) is 0 Å². The van der Waals surface area contributed by atoms with E-state index in [4.69, 9.17) is 4.74 Å². The van der Waals surface area contributed by atoms with Crippen molar-refractivity contribution in [3.63, 3.8) is 0 Å².